The van der Waals surface area contributed by atoms with Crippen LogP contribution in [0.25, 0.3) is 0 Å². The molecule has 2 aliphatic rings. The predicted molar refractivity (Wildman–Crippen MR) is 82.1 cm³/mol. The molecule has 1 atom stereocenters. The summed E-state index contributed by atoms with van der Waals surface area (Å²) in [5.74, 6) is -0.0490. The zero-order chi connectivity index (χ0) is 15.0. The lowest BCUT2D eigenvalue weighted by molar-refractivity contribution is 0.0617. The largest absolute Gasteiger partial charge is 0.389 e. The number of rotatable bonds is 2. The van der Waals surface area contributed by atoms with E-state index in [2.05, 4.69) is 5.32 Å². The van der Waals surface area contributed by atoms with Crippen LogP contribution >= 0.6 is 12.2 Å². The van der Waals surface area contributed by atoms with Gasteiger partial charge in [-0.3, -0.25) is 4.79 Å². The molecule has 110 valence electrons. The Morgan fingerprint density at radius 1 is 1.33 bits per heavy atom. The monoisotopic (exact) mass is 304 g/mol. The first-order chi connectivity index (χ1) is 10.1. The van der Waals surface area contributed by atoms with E-state index < -0.39 is 0 Å². The van der Waals surface area contributed by atoms with Crippen molar-refractivity contribution < 1.29 is 9.59 Å². The Hall–Kier alpha value is -2.15. The summed E-state index contributed by atoms with van der Waals surface area (Å²) in [5, 5.41) is 2.80. The summed E-state index contributed by atoms with van der Waals surface area (Å²) in [6.45, 7) is 2.25. The maximum atomic E-state index is 12.6. The number of piperazine rings is 1. The number of carbonyl (C=O) groups excluding carboxylic acids is 2. The van der Waals surface area contributed by atoms with Crippen LogP contribution in [-0.4, -0.2) is 58.9 Å². The molecule has 0 radical (unpaired) electrons. The van der Waals surface area contributed by atoms with Gasteiger partial charge in [-0.05, 0) is 12.1 Å². The number of benzene rings is 1. The molecular weight excluding hydrogens is 288 g/mol. The Morgan fingerprint density at radius 2 is 2.10 bits per heavy atom. The van der Waals surface area contributed by atoms with Gasteiger partial charge in [-0.2, -0.15) is 0 Å². The second-order valence-corrected chi connectivity index (χ2v) is 5.67. The summed E-state index contributed by atoms with van der Waals surface area (Å²) in [6, 6.07) is 7.07. The van der Waals surface area contributed by atoms with Gasteiger partial charge in [0, 0.05) is 37.3 Å². The van der Waals surface area contributed by atoms with Crippen LogP contribution in [0, 0.1) is 0 Å². The van der Waals surface area contributed by atoms with Crippen LogP contribution in [0.15, 0.2) is 24.3 Å². The van der Waals surface area contributed by atoms with E-state index in [1.165, 1.54) is 0 Å². The minimum absolute atomic E-state index is 0.0393. The summed E-state index contributed by atoms with van der Waals surface area (Å²) in [6.07, 6.45) is 0. The van der Waals surface area contributed by atoms with Gasteiger partial charge < -0.3 is 20.9 Å². The predicted octanol–water partition coefficient (Wildman–Crippen LogP) is 0.170. The minimum Gasteiger partial charge on any atom is -0.389 e. The average molecular weight is 304 g/mol. The molecule has 1 aromatic rings. The van der Waals surface area contributed by atoms with Crippen LogP contribution in [0.2, 0.25) is 0 Å². The normalized spacial score (nSPS) is 21.0. The van der Waals surface area contributed by atoms with Crippen LogP contribution in [0.5, 0.6) is 0 Å². The lowest BCUT2D eigenvalue weighted by Crippen LogP contribution is -2.53. The molecule has 2 saturated heterocycles. The number of urea groups is 1. The number of thiocarbonyl (C=S) groups is 1. The highest BCUT2D eigenvalue weighted by Crippen LogP contribution is 2.17. The van der Waals surface area contributed by atoms with Crippen molar-refractivity contribution >= 4 is 29.1 Å². The maximum absolute atomic E-state index is 12.6. The third-order valence-corrected chi connectivity index (χ3v) is 4.15. The molecule has 3 amide bonds. The molecule has 2 fully saturated rings. The van der Waals surface area contributed by atoms with Crippen LogP contribution < -0.4 is 11.1 Å². The molecule has 2 heterocycles. The molecule has 7 heteroatoms. The molecule has 3 rings (SSSR count). The van der Waals surface area contributed by atoms with Crippen molar-refractivity contribution in [3.63, 3.8) is 0 Å². The Balaban J connectivity index is 1.75. The fraction of sp³-hybridized carbons (Fsp3) is 0.357. The molecule has 6 nitrogen and oxygen atoms in total. The number of amides is 3. The first-order valence-corrected chi connectivity index (χ1v) is 7.20. The second-order valence-electron chi connectivity index (χ2n) is 5.23. The second kappa shape index (κ2) is 5.33. The van der Waals surface area contributed by atoms with E-state index in [4.69, 9.17) is 18.0 Å². The third-order valence-electron chi connectivity index (χ3n) is 3.91. The van der Waals surface area contributed by atoms with Gasteiger partial charge in [-0.15, -0.1) is 0 Å². The van der Waals surface area contributed by atoms with E-state index in [1.54, 1.807) is 34.1 Å². The van der Waals surface area contributed by atoms with Gasteiger partial charge in [0.15, 0.2) is 0 Å². The minimum atomic E-state index is -0.0490. The van der Waals surface area contributed by atoms with Crippen molar-refractivity contribution in [2.24, 2.45) is 5.73 Å². The van der Waals surface area contributed by atoms with Gasteiger partial charge in [-0.25, -0.2) is 4.79 Å². The summed E-state index contributed by atoms with van der Waals surface area (Å²) >= 11 is 4.94. The van der Waals surface area contributed by atoms with Crippen molar-refractivity contribution in [1.29, 1.82) is 0 Å². The Bertz CT molecular complexity index is 619. The standard InChI is InChI=1S/C14H16N4O2S/c15-12(21)9-2-1-3-10(6-9)13(19)17-4-5-18-11(8-17)7-16-14(18)20/h1-3,6,11H,4-5,7-8H2,(H2,15,21)(H,16,20). The quantitative estimate of drug-likeness (QED) is 0.764. The molecule has 0 saturated carbocycles. The summed E-state index contributed by atoms with van der Waals surface area (Å²) in [4.78, 5) is 28.0. The van der Waals surface area contributed by atoms with E-state index in [1.807, 2.05) is 0 Å². The molecule has 1 unspecified atom stereocenters. The molecule has 0 bridgehead atoms. The molecule has 0 aliphatic carbocycles. The SMILES string of the molecule is NC(=S)c1cccc(C(=O)N2CCN3C(=O)NCC3C2)c1. The van der Waals surface area contributed by atoms with Crippen molar-refractivity contribution in [2.75, 3.05) is 26.2 Å². The highest BCUT2D eigenvalue weighted by Gasteiger charge is 2.37. The van der Waals surface area contributed by atoms with Crippen molar-refractivity contribution in [1.82, 2.24) is 15.1 Å². The third kappa shape index (κ3) is 2.56. The van der Waals surface area contributed by atoms with Gasteiger partial charge in [0.2, 0.25) is 0 Å². The lowest BCUT2D eigenvalue weighted by atomic mass is 10.1. The highest BCUT2D eigenvalue weighted by atomic mass is 32.1. The summed E-state index contributed by atoms with van der Waals surface area (Å²) in [5.41, 5.74) is 6.86. The van der Waals surface area contributed by atoms with Crippen LogP contribution in [0.1, 0.15) is 15.9 Å². The lowest BCUT2D eigenvalue weighted by Gasteiger charge is -2.36. The van der Waals surface area contributed by atoms with E-state index in [0.29, 0.717) is 37.3 Å². The Kier molecular flexibility index (Phi) is 3.50. The Morgan fingerprint density at radius 3 is 2.86 bits per heavy atom. The number of carbonyl (C=O) groups is 2. The molecular formula is C14H16N4O2S. The number of nitrogens with zero attached hydrogens (tertiary/aromatic N) is 2. The van der Waals surface area contributed by atoms with E-state index in [-0.39, 0.29) is 23.0 Å². The fourth-order valence-electron chi connectivity index (χ4n) is 2.78. The van der Waals surface area contributed by atoms with E-state index in [9.17, 15) is 9.59 Å². The first-order valence-electron chi connectivity index (χ1n) is 6.80. The van der Waals surface area contributed by atoms with Crippen molar-refractivity contribution in [3.8, 4) is 0 Å². The van der Waals surface area contributed by atoms with Gasteiger partial charge in [0.1, 0.15) is 4.99 Å². The number of nitrogens with two attached hydrogens (primary N) is 1. The van der Waals surface area contributed by atoms with Gasteiger partial charge in [0.05, 0.1) is 6.04 Å². The number of fused-ring (bicyclic) bond motifs is 1. The molecule has 21 heavy (non-hydrogen) atoms. The summed E-state index contributed by atoms with van der Waals surface area (Å²) in [7, 11) is 0. The number of hydrogen-bond donors (Lipinski definition) is 2. The molecule has 3 N–H and O–H groups in total. The van der Waals surface area contributed by atoms with Crippen molar-refractivity contribution in [3.05, 3.63) is 35.4 Å². The van der Waals surface area contributed by atoms with Gasteiger partial charge >= 0.3 is 6.03 Å². The van der Waals surface area contributed by atoms with Gasteiger partial charge in [0.25, 0.3) is 5.91 Å². The molecule has 1 aromatic carbocycles. The van der Waals surface area contributed by atoms with E-state index in [0.717, 1.165) is 0 Å². The topological polar surface area (TPSA) is 78.7 Å². The zero-order valence-corrected chi connectivity index (χ0v) is 12.2. The highest BCUT2D eigenvalue weighted by molar-refractivity contribution is 7.80. The zero-order valence-electron chi connectivity index (χ0n) is 11.4. The molecule has 0 spiro atoms. The van der Waals surface area contributed by atoms with Crippen LogP contribution in [0.3, 0.4) is 0 Å². The van der Waals surface area contributed by atoms with Crippen LogP contribution in [-0.2, 0) is 0 Å². The molecule has 0 aromatic heterocycles. The smallest absolute Gasteiger partial charge is 0.317 e. The maximum Gasteiger partial charge on any atom is 0.317 e. The first kappa shape index (κ1) is 13.8. The number of nitrogens with one attached hydrogen (secondary N) is 1. The fourth-order valence-corrected chi connectivity index (χ4v) is 2.90. The number of hydrogen-bond acceptors (Lipinski definition) is 3. The average Bonchev–Trinajstić information content (AvgIpc) is 2.87. The molecule has 2 aliphatic heterocycles. The van der Waals surface area contributed by atoms with Gasteiger partial charge in [-0.1, -0.05) is 24.4 Å². The van der Waals surface area contributed by atoms with E-state index >= 15 is 0 Å². The van der Waals surface area contributed by atoms with Crippen molar-refractivity contribution in [2.45, 2.75) is 6.04 Å². The van der Waals surface area contributed by atoms with Crippen LogP contribution in [0.4, 0.5) is 4.79 Å². The Labute approximate surface area is 127 Å². The summed E-state index contributed by atoms with van der Waals surface area (Å²) < 4.78 is 0.